The van der Waals surface area contributed by atoms with Crippen LogP contribution in [0.2, 0.25) is 0 Å². The van der Waals surface area contributed by atoms with Gasteiger partial charge in [0, 0.05) is 20.6 Å². The normalized spacial score (nSPS) is 10.3. The predicted octanol–water partition coefficient (Wildman–Crippen LogP) is 2.95. The molecule has 0 aliphatic heterocycles. The van der Waals surface area contributed by atoms with Gasteiger partial charge in [-0.1, -0.05) is 29.8 Å². The number of rotatable bonds is 4. The Kier molecular flexibility index (Phi) is 4.29. The maximum absolute atomic E-state index is 11.9. The molecule has 0 fully saturated rings. The number of benzene rings is 1. The highest BCUT2D eigenvalue weighted by molar-refractivity contribution is 7.18. The van der Waals surface area contributed by atoms with Gasteiger partial charge in [0.05, 0.1) is 10.7 Å². The summed E-state index contributed by atoms with van der Waals surface area (Å²) in [7, 11) is 3.45. The van der Waals surface area contributed by atoms with Gasteiger partial charge in [0.25, 0.3) is 5.91 Å². The molecule has 106 valence electrons. The van der Waals surface area contributed by atoms with Gasteiger partial charge in [-0.05, 0) is 18.6 Å². The second kappa shape index (κ2) is 5.96. The topological polar surface area (TPSA) is 58.4 Å². The second-order valence-corrected chi connectivity index (χ2v) is 5.99. The van der Waals surface area contributed by atoms with Crippen LogP contribution >= 0.6 is 11.3 Å². The fourth-order valence-electron chi connectivity index (χ4n) is 1.87. The van der Waals surface area contributed by atoms with Crippen molar-refractivity contribution < 1.29 is 4.79 Å². The van der Waals surface area contributed by atoms with Crippen LogP contribution in [0.25, 0.3) is 0 Å². The Balaban J connectivity index is 2.08. The van der Waals surface area contributed by atoms with Gasteiger partial charge in [-0.3, -0.25) is 4.79 Å². The molecule has 1 heterocycles. The van der Waals surface area contributed by atoms with E-state index in [4.69, 9.17) is 5.73 Å². The van der Waals surface area contributed by atoms with E-state index in [-0.39, 0.29) is 5.91 Å². The van der Waals surface area contributed by atoms with Crippen LogP contribution in [-0.4, -0.2) is 24.9 Å². The number of nitrogens with one attached hydrogen (secondary N) is 1. The summed E-state index contributed by atoms with van der Waals surface area (Å²) >= 11 is 1.39. The Morgan fingerprint density at radius 2 is 2.10 bits per heavy atom. The van der Waals surface area contributed by atoms with Gasteiger partial charge in [-0.15, -0.1) is 11.3 Å². The lowest BCUT2D eigenvalue weighted by molar-refractivity contribution is 0.0833. The Labute approximate surface area is 123 Å². The summed E-state index contributed by atoms with van der Waals surface area (Å²) in [5, 5.41) is 4.22. The van der Waals surface area contributed by atoms with Gasteiger partial charge >= 0.3 is 0 Å². The Bertz CT molecular complexity index is 619. The maximum Gasteiger partial charge on any atom is 0.265 e. The molecule has 4 nitrogen and oxygen atoms in total. The van der Waals surface area contributed by atoms with Crippen LogP contribution in [0, 0.1) is 6.92 Å². The van der Waals surface area contributed by atoms with Crippen molar-refractivity contribution in [2.45, 2.75) is 13.5 Å². The minimum atomic E-state index is -0.0592. The van der Waals surface area contributed by atoms with Crippen LogP contribution in [0.4, 0.5) is 10.7 Å². The first-order chi connectivity index (χ1) is 9.47. The molecule has 0 spiro atoms. The van der Waals surface area contributed by atoms with Crippen LogP contribution in [-0.2, 0) is 6.54 Å². The molecule has 2 aromatic rings. The van der Waals surface area contributed by atoms with E-state index in [0.717, 1.165) is 11.5 Å². The number of carbonyl (C=O) groups excluding carboxylic acids is 1. The summed E-state index contributed by atoms with van der Waals surface area (Å²) in [5.74, 6) is -0.0592. The van der Waals surface area contributed by atoms with Crippen LogP contribution in [0.3, 0.4) is 0 Å². The lowest BCUT2D eigenvalue weighted by Crippen LogP contribution is -2.21. The largest absolute Gasteiger partial charge is 0.397 e. The highest BCUT2D eigenvalue weighted by Crippen LogP contribution is 2.30. The number of amides is 1. The fourth-order valence-corrected chi connectivity index (χ4v) is 2.87. The highest BCUT2D eigenvalue weighted by Gasteiger charge is 2.15. The monoisotopic (exact) mass is 289 g/mol. The average molecular weight is 289 g/mol. The van der Waals surface area contributed by atoms with Gasteiger partial charge in [-0.2, -0.15) is 0 Å². The smallest absolute Gasteiger partial charge is 0.265 e. The van der Waals surface area contributed by atoms with E-state index < -0.39 is 0 Å². The van der Waals surface area contributed by atoms with E-state index in [9.17, 15) is 4.79 Å². The number of nitrogens with zero attached hydrogens (tertiary/aromatic N) is 1. The SMILES string of the molecule is Cc1cccc(CNc2cc(N)c(C(=O)N(C)C)s2)c1. The van der Waals surface area contributed by atoms with Crippen molar-refractivity contribution in [2.24, 2.45) is 0 Å². The third-order valence-corrected chi connectivity index (χ3v) is 4.01. The van der Waals surface area contributed by atoms with E-state index in [0.29, 0.717) is 10.6 Å². The first-order valence-electron chi connectivity index (χ1n) is 6.37. The molecule has 0 radical (unpaired) electrons. The molecular weight excluding hydrogens is 270 g/mol. The second-order valence-electron chi connectivity index (χ2n) is 4.94. The Morgan fingerprint density at radius 3 is 2.75 bits per heavy atom. The molecule has 0 saturated carbocycles. The van der Waals surface area contributed by atoms with Gasteiger partial charge in [0.1, 0.15) is 4.88 Å². The first kappa shape index (κ1) is 14.4. The molecule has 3 N–H and O–H groups in total. The average Bonchev–Trinajstić information content (AvgIpc) is 2.77. The van der Waals surface area contributed by atoms with E-state index in [2.05, 4.69) is 30.4 Å². The summed E-state index contributed by atoms with van der Waals surface area (Å²) in [6, 6.07) is 10.1. The summed E-state index contributed by atoms with van der Waals surface area (Å²) in [6.07, 6.45) is 0. The molecular formula is C15H19N3OS. The zero-order valence-corrected chi connectivity index (χ0v) is 12.8. The van der Waals surface area contributed by atoms with E-state index >= 15 is 0 Å². The van der Waals surface area contributed by atoms with Crippen molar-refractivity contribution in [3.63, 3.8) is 0 Å². The van der Waals surface area contributed by atoms with Gasteiger partial charge < -0.3 is 16.0 Å². The number of anilines is 2. The van der Waals surface area contributed by atoms with Crippen molar-refractivity contribution in [3.8, 4) is 0 Å². The number of hydrogen-bond donors (Lipinski definition) is 2. The molecule has 2 rings (SSSR count). The lowest BCUT2D eigenvalue weighted by atomic mass is 10.1. The highest BCUT2D eigenvalue weighted by atomic mass is 32.1. The van der Waals surface area contributed by atoms with Gasteiger partial charge in [0.15, 0.2) is 0 Å². The minimum Gasteiger partial charge on any atom is -0.397 e. The third kappa shape index (κ3) is 3.30. The molecule has 1 amide bonds. The van der Waals surface area contributed by atoms with E-state index in [1.54, 1.807) is 14.1 Å². The fraction of sp³-hybridized carbons (Fsp3) is 0.267. The van der Waals surface area contributed by atoms with Crippen LogP contribution in [0.1, 0.15) is 20.8 Å². The molecule has 0 unspecified atom stereocenters. The molecule has 0 aliphatic carbocycles. The standard InChI is InChI=1S/C15H19N3OS/c1-10-5-4-6-11(7-10)9-17-13-8-12(16)14(20-13)15(19)18(2)3/h4-8,17H,9,16H2,1-3H3. The van der Waals surface area contributed by atoms with Gasteiger partial charge in [-0.25, -0.2) is 0 Å². The molecule has 0 aliphatic rings. The number of nitrogens with two attached hydrogens (primary N) is 1. The van der Waals surface area contributed by atoms with E-state index in [1.807, 2.05) is 12.1 Å². The lowest BCUT2D eigenvalue weighted by Gasteiger charge is -2.08. The molecule has 20 heavy (non-hydrogen) atoms. The van der Waals surface area contributed by atoms with Crippen molar-refractivity contribution in [1.82, 2.24) is 4.90 Å². The van der Waals surface area contributed by atoms with Crippen molar-refractivity contribution >= 4 is 27.9 Å². The molecule has 1 aromatic heterocycles. The third-order valence-electron chi connectivity index (χ3n) is 2.91. The minimum absolute atomic E-state index is 0.0592. The summed E-state index contributed by atoms with van der Waals surface area (Å²) < 4.78 is 0. The van der Waals surface area contributed by atoms with Crippen LogP contribution in [0.5, 0.6) is 0 Å². The summed E-state index contributed by atoms with van der Waals surface area (Å²) in [6.45, 7) is 2.79. The van der Waals surface area contributed by atoms with E-state index in [1.165, 1.54) is 27.4 Å². The maximum atomic E-state index is 11.9. The van der Waals surface area contributed by atoms with Crippen molar-refractivity contribution in [2.75, 3.05) is 25.1 Å². The molecule has 5 heteroatoms. The van der Waals surface area contributed by atoms with Gasteiger partial charge in [0.2, 0.25) is 0 Å². The molecule has 0 bridgehead atoms. The van der Waals surface area contributed by atoms with Crippen molar-refractivity contribution in [3.05, 3.63) is 46.3 Å². The summed E-state index contributed by atoms with van der Waals surface area (Å²) in [5.41, 5.74) is 8.86. The molecule has 1 aromatic carbocycles. The first-order valence-corrected chi connectivity index (χ1v) is 7.19. The number of carbonyl (C=O) groups is 1. The Morgan fingerprint density at radius 1 is 1.35 bits per heavy atom. The van der Waals surface area contributed by atoms with Crippen molar-refractivity contribution in [1.29, 1.82) is 0 Å². The zero-order valence-electron chi connectivity index (χ0n) is 11.9. The number of nitrogen functional groups attached to an aromatic ring is 1. The molecule has 0 atom stereocenters. The quantitative estimate of drug-likeness (QED) is 0.910. The number of thiophene rings is 1. The van der Waals surface area contributed by atoms with Crippen LogP contribution < -0.4 is 11.1 Å². The number of hydrogen-bond acceptors (Lipinski definition) is 4. The summed E-state index contributed by atoms with van der Waals surface area (Å²) in [4.78, 5) is 14.0. The molecule has 0 saturated heterocycles. The Hall–Kier alpha value is -2.01. The predicted molar refractivity (Wildman–Crippen MR) is 85.3 cm³/mol. The number of aryl methyl sites for hydroxylation is 1. The zero-order chi connectivity index (χ0) is 14.7. The van der Waals surface area contributed by atoms with Crippen LogP contribution in [0.15, 0.2) is 30.3 Å².